The number of nitrogens with one attached hydrogen (secondary N) is 1. The van der Waals surface area contributed by atoms with Crippen molar-refractivity contribution in [2.45, 2.75) is 5.88 Å². The van der Waals surface area contributed by atoms with Gasteiger partial charge < -0.3 is 5.32 Å². The third-order valence-electron chi connectivity index (χ3n) is 3.23. The number of anilines is 1. The summed E-state index contributed by atoms with van der Waals surface area (Å²) in [5.41, 5.74) is 3.25. The van der Waals surface area contributed by atoms with E-state index in [2.05, 4.69) is 10.3 Å². The van der Waals surface area contributed by atoms with Crippen LogP contribution in [0.4, 0.5) is 5.69 Å². The smallest absolute Gasteiger partial charge is 0.255 e. The van der Waals surface area contributed by atoms with Crippen LogP contribution in [0.25, 0.3) is 10.9 Å². The fraction of sp³-hybridized carbons (Fsp3) is 0.0588. The van der Waals surface area contributed by atoms with Gasteiger partial charge in [-0.1, -0.05) is 18.2 Å². The standard InChI is InChI=1S/C17H13ClN2O/c18-11-12-3-5-13(6-4-12)17(21)20-15-7-8-16-14(10-15)2-1-9-19-16/h1-10H,11H2,(H,20,21). The van der Waals surface area contributed by atoms with E-state index in [1.807, 2.05) is 42.5 Å². The highest BCUT2D eigenvalue weighted by Gasteiger charge is 2.06. The lowest BCUT2D eigenvalue weighted by atomic mass is 10.1. The van der Waals surface area contributed by atoms with Crippen LogP contribution in [0, 0.1) is 0 Å². The van der Waals surface area contributed by atoms with E-state index in [0.717, 1.165) is 22.2 Å². The van der Waals surface area contributed by atoms with Crippen LogP contribution in [0.5, 0.6) is 0 Å². The summed E-state index contributed by atoms with van der Waals surface area (Å²) < 4.78 is 0. The van der Waals surface area contributed by atoms with Gasteiger partial charge in [0, 0.05) is 28.7 Å². The van der Waals surface area contributed by atoms with Crippen LogP contribution in [-0.4, -0.2) is 10.9 Å². The Hall–Kier alpha value is -2.39. The monoisotopic (exact) mass is 296 g/mol. The maximum atomic E-state index is 12.2. The van der Waals surface area contributed by atoms with Crippen LogP contribution in [0.15, 0.2) is 60.8 Å². The number of pyridine rings is 1. The fourth-order valence-electron chi connectivity index (χ4n) is 2.10. The Morgan fingerprint density at radius 2 is 1.90 bits per heavy atom. The first kappa shape index (κ1) is 13.6. The number of benzene rings is 2. The number of amides is 1. The van der Waals surface area contributed by atoms with Crippen molar-refractivity contribution in [2.24, 2.45) is 0 Å². The zero-order valence-corrected chi connectivity index (χ0v) is 12.0. The Morgan fingerprint density at radius 1 is 1.10 bits per heavy atom. The van der Waals surface area contributed by atoms with Crippen molar-refractivity contribution >= 4 is 34.1 Å². The van der Waals surface area contributed by atoms with Crippen molar-refractivity contribution in [1.29, 1.82) is 0 Å². The van der Waals surface area contributed by atoms with Crippen molar-refractivity contribution in [2.75, 3.05) is 5.32 Å². The molecule has 2 aromatic carbocycles. The number of nitrogens with zero attached hydrogens (tertiary/aromatic N) is 1. The molecule has 1 aromatic heterocycles. The molecule has 0 aliphatic heterocycles. The number of aromatic nitrogens is 1. The highest BCUT2D eigenvalue weighted by molar-refractivity contribution is 6.17. The lowest BCUT2D eigenvalue weighted by Gasteiger charge is -2.07. The van der Waals surface area contributed by atoms with E-state index in [-0.39, 0.29) is 5.91 Å². The number of carbonyl (C=O) groups excluding carboxylic acids is 1. The lowest BCUT2D eigenvalue weighted by Crippen LogP contribution is -2.11. The fourth-order valence-corrected chi connectivity index (χ4v) is 2.28. The number of rotatable bonds is 3. The Bertz CT molecular complexity index is 784. The SMILES string of the molecule is O=C(Nc1ccc2ncccc2c1)c1ccc(CCl)cc1. The van der Waals surface area contributed by atoms with E-state index in [4.69, 9.17) is 11.6 Å². The van der Waals surface area contributed by atoms with Crippen molar-refractivity contribution in [3.8, 4) is 0 Å². The summed E-state index contributed by atoms with van der Waals surface area (Å²) in [5.74, 6) is 0.305. The molecule has 1 N–H and O–H groups in total. The summed E-state index contributed by atoms with van der Waals surface area (Å²) in [6, 6.07) is 16.7. The topological polar surface area (TPSA) is 42.0 Å². The molecule has 3 aromatic rings. The van der Waals surface area contributed by atoms with E-state index in [9.17, 15) is 4.79 Å². The van der Waals surface area contributed by atoms with E-state index >= 15 is 0 Å². The van der Waals surface area contributed by atoms with Crippen molar-refractivity contribution < 1.29 is 4.79 Å². The van der Waals surface area contributed by atoms with Gasteiger partial charge in [0.1, 0.15) is 0 Å². The predicted molar refractivity (Wildman–Crippen MR) is 85.7 cm³/mol. The first-order valence-corrected chi connectivity index (χ1v) is 7.11. The van der Waals surface area contributed by atoms with Gasteiger partial charge in [-0.2, -0.15) is 0 Å². The van der Waals surface area contributed by atoms with Crippen LogP contribution < -0.4 is 5.32 Å². The molecule has 21 heavy (non-hydrogen) atoms. The van der Waals surface area contributed by atoms with E-state index in [1.54, 1.807) is 18.3 Å². The van der Waals surface area contributed by atoms with Crippen molar-refractivity contribution in [1.82, 2.24) is 4.98 Å². The number of alkyl halides is 1. The zero-order chi connectivity index (χ0) is 14.7. The van der Waals surface area contributed by atoms with Gasteiger partial charge in [0.05, 0.1) is 5.52 Å². The van der Waals surface area contributed by atoms with Crippen molar-refractivity contribution in [3.63, 3.8) is 0 Å². The molecule has 3 nitrogen and oxygen atoms in total. The van der Waals surface area contributed by atoms with Crippen LogP contribution in [0.3, 0.4) is 0 Å². The molecule has 3 rings (SSSR count). The molecular weight excluding hydrogens is 284 g/mol. The molecule has 0 bridgehead atoms. The first-order chi connectivity index (χ1) is 10.3. The molecule has 0 atom stereocenters. The van der Waals surface area contributed by atoms with E-state index in [1.165, 1.54) is 0 Å². The first-order valence-electron chi connectivity index (χ1n) is 6.57. The summed E-state index contributed by atoms with van der Waals surface area (Å²) >= 11 is 5.74. The highest BCUT2D eigenvalue weighted by atomic mass is 35.5. The average Bonchev–Trinajstić information content (AvgIpc) is 2.55. The molecule has 0 saturated heterocycles. The molecule has 0 saturated carbocycles. The van der Waals surface area contributed by atoms with Gasteiger partial charge in [0.25, 0.3) is 5.91 Å². The maximum absolute atomic E-state index is 12.2. The minimum absolute atomic E-state index is 0.139. The van der Waals surface area contributed by atoms with Gasteiger partial charge in [-0.25, -0.2) is 0 Å². The van der Waals surface area contributed by atoms with Crippen LogP contribution >= 0.6 is 11.6 Å². The Kier molecular flexibility index (Phi) is 3.84. The zero-order valence-electron chi connectivity index (χ0n) is 11.2. The number of halogens is 1. The minimum atomic E-state index is -0.139. The van der Waals surface area contributed by atoms with Gasteiger partial charge in [0.15, 0.2) is 0 Å². The minimum Gasteiger partial charge on any atom is -0.322 e. The van der Waals surface area contributed by atoms with E-state index < -0.39 is 0 Å². The molecule has 0 spiro atoms. The second kappa shape index (κ2) is 5.94. The summed E-state index contributed by atoms with van der Waals surface area (Å²) in [6.45, 7) is 0. The molecule has 0 aliphatic rings. The van der Waals surface area contributed by atoms with Gasteiger partial charge in [-0.3, -0.25) is 9.78 Å². The van der Waals surface area contributed by atoms with Gasteiger partial charge >= 0.3 is 0 Å². The van der Waals surface area contributed by atoms with Gasteiger partial charge in [-0.15, -0.1) is 11.6 Å². The summed E-state index contributed by atoms with van der Waals surface area (Å²) in [4.78, 5) is 16.4. The van der Waals surface area contributed by atoms with E-state index in [0.29, 0.717) is 11.4 Å². The predicted octanol–water partition coefficient (Wildman–Crippen LogP) is 4.23. The number of carbonyl (C=O) groups is 1. The maximum Gasteiger partial charge on any atom is 0.255 e. The second-order valence-electron chi connectivity index (χ2n) is 4.70. The molecule has 0 fully saturated rings. The Labute approximate surface area is 127 Å². The Balaban J connectivity index is 1.81. The molecule has 1 heterocycles. The molecule has 0 radical (unpaired) electrons. The Morgan fingerprint density at radius 3 is 2.67 bits per heavy atom. The van der Waals surface area contributed by atoms with Crippen LogP contribution in [0.1, 0.15) is 15.9 Å². The molecule has 0 aliphatic carbocycles. The van der Waals surface area contributed by atoms with Crippen LogP contribution in [0.2, 0.25) is 0 Å². The number of hydrogen-bond donors (Lipinski definition) is 1. The third kappa shape index (κ3) is 3.03. The number of hydrogen-bond acceptors (Lipinski definition) is 2. The molecule has 1 amide bonds. The summed E-state index contributed by atoms with van der Waals surface area (Å²) in [7, 11) is 0. The second-order valence-corrected chi connectivity index (χ2v) is 4.96. The lowest BCUT2D eigenvalue weighted by molar-refractivity contribution is 0.102. The average molecular weight is 297 g/mol. The third-order valence-corrected chi connectivity index (χ3v) is 3.54. The summed E-state index contributed by atoms with van der Waals surface area (Å²) in [6.07, 6.45) is 1.75. The molecular formula is C17H13ClN2O. The molecule has 4 heteroatoms. The highest BCUT2D eigenvalue weighted by Crippen LogP contribution is 2.18. The quantitative estimate of drug-likeness (QED) is 0.735. The molecule has 104 valence electrons. The van der Waals surface area contributed by atoms with Crippen LogP contribution in [-0.2, 0) is 5.88 Å². The van der Waals surface area contributed by atoms with Gasteiger partial charge in [-0.05, 0) is 42.0 Å². The largest absolute Gasteiger partial charge is 0.322 e. The van der Waals surface area contributed by atoms with Crippen molar-refractivity contribution in [3.05, 3.63) is 71.9 Å². The normalized spacial score (nSPS) is 10.5. The summed E-state index contributed by atoms with van der Waals surface area (Å²) in [5, 5.41) is 3.88. The molecule has 0 unspecified atom stereocenters. The van der Waals surface area contributed by atoms with Gasteiger partial charge in [0.2, 0.25) is 0 Å². The number of fused-ring (bicyclic) bond motifs is 1.